The van der Waals surface area contributed by atoms with Crippen LogP contribution in [0.1, 0.15) is 23.9 Å². The molecule has 0 saturated carbocycles. The van der Waals surface area contributed by atoms with Crippen molar-refractivity contribution in [3.63, 3.8) is 0 Å². The van der Waals surface area contributed by atoms with Gasteiger partial charge in [-0.3, -0.25) is 9.36 Å². The Balaban J connectivity index is 2.37. The maximum Gasteiger partial charge on any atom is 0.255 e. The quantitative estimate of drug-likeness (QED) is 0.807. The fourth-order valence-electron chi connectivity index (χ4n) is 1.83. The van der Waals surface area contributed by atoms with Crippen molar-refractivity contribution < 1.29 is 0 Å². The van der Waals surface area contributed by atoms with Crippen molar-refractivity contribution in [1.82, 2.24) is 9.55 Å². The summed E-state index contributed by atoms with van der Waals surface area (Å²) in [4.78, 5) is 16.1. The van der Waals surface area contributed by atoms with Gasteiger partial charge < -0.3 is 0 Å². The molecule has 19 heavy (non-hydrogen) atoms. The Kier molecular flexibility index (Phi) is 3.98. The van der Waals surface area contributed by atoms with E-state index < -0.39 is 0 Å². The molecule has 0 atom stereocenters. The lowest BCUT2D eigenvalue weighted by molar-refractivity contribution is 0.674. The third-order valence-electron chi connectivity index (χ3n) is 2.80. The van der Waals surface area contributed by atoms with Crippen LogP contribution >= 0.6 is 11.6 Å². The SMILES string of the molecule is CCc1nc(Cl)cc(=O)n1Cc1ccc(C#N)cc1. The predicted octanol–water partition coefficient (Wildman–Crippen LogP) is 2.38. The van der Waals surface area contributed by atoms with Crippen molar-refractivity contribution in [2.45, 2.75) is 19.9 Å². The van der Waals surface area contributed by atoms with Crippen LogP contribution in [0.4, 0.5) is 0 Å². The van der Waals surface area contributed by atoms with E-state index in [9.17, 15) is 4.79 Å². The lowest BCUT2D eigenvalue weighted by atomic mass is 10.1. The van der Waals surface area contributed by atoms with E-state index in [2.05, 4.69) is 11.1 Å². The molecule has 4 nitrogen and oxygen atoms in total. The summed E-state index contributed by atoms with van der Waals surface area (Å²) < 4.78 is 1.59. The van der Waals surface area contributed by atoms with Crippen LogP contribution in [0, 0.1) is 11.3 Å². The van der Waals surface area contributed by atoms with E-state index in [-0.39, 0.29) is 10.7 Å². The van der Waals surface area contributed by atoms with E-state index in [0.29, 0.717) is 24.4 Å². The number of nitrogens with zero attached hydrogens (tertiary/aromatic N) is 3. The van der Waals surface area contributed by atoms with Crippen molar-refractivity contribution in [1.29, 1.82) is 5.26 Å². The largest absolute Gasteiger partial charge is 0.292 e. The van der Waals surface area contributed by atoms with Crippen LogP contribution in [0.2, 0.25) is 5.15 Å². The van der Waals surface area contributed by atoms with E-state index in [1.807, 2.05) is 19.1 Å². The molecule has 5 heteroatoms. The van der Waals surface area contributed by atoms with Gasteiger partial charge in [0.1, 0.15) is 11.0 Å². The Morgan fingerprint density at radius 2 is 2.05 bits per heavy atom. The number of aromatic nitrogens is 2. The van der Waals surface area contributed by atoms with E-state index >= 15 is 0 Å². The molecule has 0 N–H and O–H groups in total. The summed E-state index contributed by atoms with van der Waals surface area (Å²) in [5.74, 6) is 0.654. The summed E-state index contributed by atoms with van der Waals surface area (Å²) in [5.41, 5.74) is 1.38. The van der Waals surface area contributed by atoms with Gasteiger partial charge in [0.2, 0.25) is 0 Å². The highest BCUT2D eigenvalue weighted by Gasteiger charge is 2.07. The maximum absolute atomic E-state index is 11.9. The van der Waals surface area contributed by atoms with Gasteiger partial charge in [-0.25, -0.2) is 4.98 Å². The number of aryl methyl sites for hydroxylation is 1. The molecule has 0 unspecified atom stereocenters. The van der Waals surface area contributed by atoms with Crippen molar-refractivity contribution >= 4 is 11.6 Å². The Labute approximate surface area is 115 Å². The van der Waals surface area contributed by atoms with Gasteiger partial charge in [-0.1, -0.05) is 30.7 Å². The first-order chi connectivity index (χ1) is 9.13. The second kappa shape index (κ2) is 5.68. The molecule has 2 aromatic rings. The molecule has 0 aliphatic heterocycles. The van der Waals surface area contributed by atoms with Gasteiger partial charge in [-0.15, -0.1) is 0 Å². The van der Waals surface area contributed by atoms with Crippen molar-refractivity contribution in [3.05, 3.63) is 62.8 Å². The Morgan fingerprint density at radius 3 is 2.63 bits per heavy atom. The fraction of sp³-hybridized carbons (Fsp3) is 0.214. The van der Waals surface area contributed by atoms with E-state index in [1.165, 1.54) is 6.07 Å². The Hall–Kier alpha value is -2.12. The second-order valence-electron chi connectivity index (χ2n) is 4.08. The normalized spacial score (nSPS) is 10.2. The molecule has 0 spiro atoms. The van der Waals surface area contributed by atoms with Crippen molar-refractivity contribution in [3.8, 4) is 6.07 Å². The minimum Gasteiger partial charge on any atom is -0.292 e. The molecule has 1 aromatic heterocycles. The number of halogens is 1. The smallest absolute Gasteiger partial charge is 0.255 e. The van der Waals surface area contributed by atoms with Crippen molar-refractivity contribution in [2.75, 3.05) is 0 Å². The van der Waals surface area contributed by atoms with Crippen LogP contribution in [0.15, 0.2) is 35.1 Å². The van der Waals surface area contributed by atoms with Crippen LogP contribution in [0.5, 0.6) is 0 Å². The maximum atomic E-state index is 11.9. The molecule has 0 fully saturated rings. The first-order valence-electron chi connectivity index (χ1n) is 5.89. The average molecular weight is 274 g/mol. The molecular formula is C14H12ClN3O. The number of nitriles is 1. The number of hydrogen-bond acceptors (Lipinski definition) is 3. The van der Waals surface area contributed by atoms with Crippen molar-refractivity contribution in [2.24, 2.45) is 0 Å². The van der Waals surface area contributed by atoms with Crippen LogP contribution in [0.3, 0.4) is 0 Å². The summed E-state index contributed by atoms with van der Waals surface area (Å²) in [7, 11) is 0. The van der Waals surface area contributed by atoms with Gasteiger partial charge in [0.25, 0.3) is 5.56 Å². The zero-order valence-electron chi connectivity index (χ0n) is 10.4. The molecular weight excluding hydrogens is 262 g/mol. The Morgan fingerprint density at radius 1 is 1.37 bits per heavy atom. The molecule has 1 aromatic carbocycles. The molecule has 0 aliphatic carbocycles. The summed E-state index contributed by atoms with van der Waals surface area (Å²) in [6.07, 6.45) is 0.631. The average Bonchev–Trinajstić information content (AvgIpc) is 2.42. The molecule has 0 bridgehead atoms. The highest BCUT2D eigenvalue weighted by atomic mass is 35.5. The molecule has 0 radical (unpaired) electrons. The van der Waals surface area contributed by atoms with Crippen LogP contribution in [-0.4, -0.2) is 9.55 Å². The lowest BCUT2D eigenvalue weighted by Gasteiger charge is -2.10. The highest BCUT2D eigenvalue weighted by molar-refractivity contribution is 6.29. The lowest BCUT2D eigenvalue weighted by Crippen LogP contribution is -2.24. The summed E-state index contributed by atoms with van der Waals surface area (Å²) in [6, 6.07) is 10.5. The van der Waals surface area contributed by atoms with Crippen LogP contribution in [-0.2, 0) is 13.0 Å². The van der Waals surface area contributed by atoms with Gasteiger partial charge in [0.15, 0.2) is 0 Å². The zero-order valence-corrected chi connectivity index (χ0v) is 11.2. The topological polar surface area (TPSA) is 58.7 Å². The first-order valence-corrected chi connectivity index (χ1v) is 6.27. The van der Waals surface area contributed by atoms with E-state index in [0.717, 1.165) is 5.56 Å². The number of hydrogen-bond donors (Lipinski definition) is 0. The first kappa shape index (κ1) is 13.3. The van der Waals surface area contributed by atoms with E-state index in [1.54, 1.807) is 16.7 Å². The fourth-order valence-corrected chi connectivity index (χ4v) is 2.02. The van der Waals surface area contributed by atoms with E-state index in [4.69, 9.17) is 16.9 Å². The Bertz CT molecular complexity index is 683. The minimum absolute atomic E-state index is 0.166. The van der Waals surface area contributed by atoms with Gasteiger partial charge in [0.05, 0.1) is 18.2 Å². The molecule has 0 aliphatic rings. The van der Waals surface area contributed by atoms with Crippen LogP contribution in [0.25, 0.3) is 0 Å². The third-order valence-corrected chi connectivity index (χ3v) is 2.99. The van der Waals surface area contributed by atoms with Gasteiger partial charge >= 0.3 is 0 Å². The van der Waals surface area contributed by atoms with Gasteiger partial charge in [-0.05, 0) is 17.7 Å². The zero-order chi connectivity index (χ0) is 13.8. The minimum atomic E-state index is -0.166. The predicted molar refractivity (Wildman–Crippen MR) is 73.1 cm³/mol. The second-order valence-corrected chi connectivity index (χ2v) is 4.47. The van der Waals surface area contributed by atoms with Gasteiger partial charge in [-0.2, -0.15) is 5.26 Å². The molecule has 0 saturated heterocycles. The summed E-state index contributed by atoms with van der Waals surface area (Å²) >= 11 is 5.78. The molecule has 2 rings (SSSR count). The number of benzene rings is 1. The highest BCUT2D eigenvalue weighted by Crippen LogP contribution is 2.08. The summed E-state index contributed by atoms with van der Waals surface area (Å²) in [6.45, 7) is 2.35. The van der Waals surface area contributed by atoms with Gasteiger partial charge in [0, 0.05) is 12.5 Å². The monoisotopic (exact) mass is 273 g/mol. The standard InChI is InChI=1S/C14H12ClN3O/c1-2-13-17-12(15)7-14(19)18(13)9-11-5-3-10(8-16)4-6-11/h3-7H,2,9H2,1H3. The van der Waals surface area contributed by atoms with Crippen LogP contribution < -0.4 is 5.56 Å². The molecule has 0 amide bonds. The molecule has 1 heterocycles. The number of rotatable bonds is 3. The summed E-state index contributed by atoms with van der Waals surface area (Å²) in [5, 5.41) is 8.97. The third kappa shape index (κ3) is 3.01. The molecule has 96 valence electrons.